The topological polar surface area (TPSA) is 76.1 Å². The van der Waals surface area contributed by atoms with Gasteiger partial charge in [-0.15, -0.1) is 0 Å². The van der Waals surface area contributed by atoms with Crippen LogP contribution in [-0.4, -0.2) is 60.9 Å². The minimum absolute atomic E-state index is 0.0421. The van der Waals surface area contributed by atoms with E-state index in [1.165, 1.54) is 37.7 Å². The molecular weight excluding hydrogens is 598 g/mol. The maximum atomic E-state index is 13.9. The third kappa shape index (κ3) is 4.92. The summed E-state index contributed by atoms with van der Waals surface area (Å²) in [6.45, 7) is 21.9. The number of carbonyl (C=O) groups is 2. The molecule has 10 atom stereocenters. The first kappa shape index (κ1) is 34.3. The van der Waals surface area contributed by atoms with E-state index < -0.39 is 0 Å². The molecule has 6 heteroatoms. The number of nitrogens with zero attached hydrogens (tertiary/aromatic N) is 1. The van der Waals surface area contributed by atoms with Crippen LogP contribution in [0.15, 0.2) is 36.4 Å². The fourth-order valence-corrected chi connectivity index (χ4v) is 13.6. The zero-order valence-electron chi connectivity index (χ0n) is 30.6. The summed E-state index contributed by atoms with van der Waals surface area (Å²) >= 11 is 0. The van der Waals surface area contributed by atoms with Gasteiger partial charge in [0.1, 0.15) is 0 Å². The van der Waals surface area contributed by atoms with E-state index in [0.29, 0.717) is 73.6 Å². The van der Waals surface area contributed by atoms with E-state index in [1.54, 1.807) is 17.0 Å². The largest absolute Gasteiger partial charge is 0.461 e. The molecule has 1 heterocycles. The van der Waals surface area contributed by atoms with Crippen LogP contribution in [0.3, 0.4) is 0 Å². The molecule has 0 spiro atoms. The Hall–Kier alpha value is -2.18. The lowest BCUT2D eigenvalue weighted by molar-refractivity contribution is -0.249. The third-order valence-corrected chi connectivity index (χ3v) is 16.4. The molecule has 6 nitrogen and oxygen atoms in total. The molecular formula is C42H61NO5. The fraction of sp³-hybridized carbons (Fsp3) is 0.762. The Bertz CT molecular complexity index is 1450. The van der Waals surface area contributed by atoms with E-state index in [4.69, 9.17) is 9.47 Å². The van der Waals surface area contributed by atoms with Gasteiger partial charge in [-0.1, -0.05) is 58.9 Å². The summed E-state index contributed by atoms with van der Waals surface area (Å²) in [5.74, 6) is 2.17. The van der Waals surface area contributed by atoms with Gasteiger partial charge in [-0.2, -0.15) is 0 Å². The van der Waals surface area contributed by atoms with Crippen LogP contribution in [0.4, 0.5) is 0 Å². The number of esters is 1. The monoisotopic (exact) mass is 659 g/mol. The molecule has 48 heavy (non-hydrogen) atoms. The highest BCUT2D eigenvalue weighted by Gasteiger charge is 2.71. The summed E-state index contributed by atoms with van der Waals surface area (Å²) in [5.41, 5.74) is 2.67. The van der Waals surface area contributed by atoms with Crippen LogP contribution in [-0.2, 0) is 9.47 Å². The highest BCUT2D eigenvalue weighted by Crippen LogP contribution is 2.77. The molecule has 7 rings (SSSR count). The van der Waals surface area contributed by atoms with Crippen LogP contribution in [0, 0.1) is 56.7 Å². The first-order valence-corrected chi connectivity index (χ1v) is 19.2. The number of aliphatic hydroxyl groups is 1. The summed E-state index contributed by atoms with van der Waals surface area (Å²) in [7, 11) is 0. The van der Waals surface area contributed by atoms with E-state index in [9.17, 15) is 14.7 Å². The van der Waals surface area contributed by atoms with Crippen LogP contribution in [0.5, 0.6) is 0 Å². The van der Waals surface area contributed by atoms with E-state index in [-0.39, 0.29) is 45.1 Å². The highest BCUT2D eigenvalue weighted by atomic mass is 16.5. The lowest BCUT2D eigenvalue weighted by Gasteiger charge is -2.73. The van der Waals surface area contributed by atoms with E-state index in [1.807, 2.05) is 12.1 Å². The van der Waals surface area contributed by atoms with Crippen LogP contribution >= 0.6 is 0 Å². The van der Waals surface area contributed by atoms with Crippen molar-refractivity contribution in [2.75, 3.05) is 32.9 Å². The Labute approximate surface area is 289 Å². The normalized spacial score (nSPS) is 43.3. The van der Waals surface area contributed by atoms with E-state index in [2.05, 4.69) is 48.1 Å². The van der Waals surface area contributed by atoms with Crippen molar-refractivity contribution in [2.45, 2.75) is 112 Å². The number of benzene rings is 1. The summed E-state index contributed by atoms with van der Waals surface area (Å²) in [5, 5.41) is 11.1. The number of ether oxygens (including phenoxy) is 2. The van der Waals surface area contributed by atoms with Gasteiger partial charge >= 0.3 is 5.97 Å². The minimum atomic E-state index is -0.378. The van der Waals surface area contributed by atoms with Gasteiger partial charge in [0.25, 0.3) is 5.91 Å². The average molecular weight is 660 g/mol. The van der Waals surface area contributed by atoms with E-state index in [0.717, 1.165) is 32.1 Å². The van der Waals surface area contributed by atoms with Gasteiger partial charge in [0.15, 0.2) is 0 Å². The van der Waals surface area contributed by atoms with Crippen LogP contribution in [0.25, 0.3) is 0 Å². The van der Waals surface area contributed by atoms with E-state index >= 15 is 0 Å². The van der Waals surface area contributed by atoms with Gasteiger partial charge in [0, 0.05) is 18.5 Å². The molecule has 264 valence electrons. The number of aliphatic hydroxyl groups excluding tert-OH is 1. The summed E-state index contributed by atoms with van der Waals surface area (Å²) in [6, 6.07) is 7.17. The summed E-state index contributed by atoms with van der Waals surface area (Å²) in [6.07, 6.45) is 11.2. The zero-order chi connectivity index (χ0) is 34.3. The molecule has 6 aliphatic rings. The van der Waals surface area contributed by atoms with Crippen molar-refractivity contribution in [3.8, 4) is 0 Å². The summed E-state index contributed by atoms with van der Waals surface area (Å²) < 4.78 is 11.8. The van der Waals surface area contributed by atoms with Crippen molar-refractivity contribution in [1.29, 1.82) is 0 Å². The summed E-state index contributed by atoms with van der Waals surface area (Å²) in [4.78, 5) is 29.1. The second kappa shape index (κ2) is 12.0. The van der Waals surface area contributed by atoms with Gasteiger partial charge in [0.05, 0.1) is 37.1 Å². The lowest BCUT2D eigenvalue weighted by atomic mass is 9.32. The zero-order valence-corrected chi connectivity index (χ0v) is 30.6. The Balaban J connectivity index is 1.15. The maximum absolute atomic E-state index is 13.9. The lowest BCUT2D eigenvalue weighted by Crippen LogP contribution is -2.66. The molecule has 1 aromatic carbocycles. The standard InChI is InChI=1S/C42H61NO5/c1-27(2)28-14-19-42(26-48-37(46)30-11-9-8-10-29(30)36(45)43-22-24-47-25-23-43)21-20-40(6)31(35(28)42)12-13-33-39(5)17-16-34(44)38(3,4)32(39)15-18-41(33,40)7/h8-11,28,31-35,44H,1,12-26H2,2-7H3/t28-,31+,32-,33+,34-,35+,39-,40+,41+,42+/m0/s1. The number of rotatable bonds is 5. The number of carbonyl (C=O) groups excluding carboxylic acids is 2. The predicted molar refractivity (Wildman–Crippen MR) is 188 cm³/mol. The van der Waals surface area contributed by atoms with Crippen LogP contribution < -0.4 is 0 Å². The predicted octanol–water partition coefficient (Wildman–Crippen LogP) is 8.33. The Morgan fingerprint density at radius 3 is 2.29 bits per heavy atom. The number of allylic oxidation sites excluding steroid dienone is 1. The number of morpholine rings is 1. The number of fused-ring (bicyclic) bond motifs is 7. The van der Waals surface area contributed by atoms with Crippen molar-refractivity contribution in [1.82, 2.24) is 4.90 Å². The molecule has 1 aliphatic heterocycles. The highest BCUT2D eigenvalue weighted by molar-refractivity contribution is 6.05. The molecule has 1 saturated heterocycles. The Morgan fingerprint density at radius 2 is 1.58 bits per heavy atom. The molecule has 0 bridgehead atoms. The molecule has 0 aromatic heterocycles. The number of hydrogen-bond acceptors (Lipinski definition) is 5. The van der Waals surface area contributed by atoms with Crippen molar-refractivity contribution >= 4 is 11.9 Å². The SMILES string of the molecule is C=C(C)[C@@H]1CC[C@]2(COC(=O)c3ccccc3C(=O)N3CCOCC3)CC[C@]3(C)[C@H](CC[C@@H]4[C@@]5(C)CC[C@H](O)C(C)(C)[C@@H]5CC[C@]43C)[C@@H]12. The van der Waals surface area contributed by atoms with Crippen molar-refractivity contribution in [2.24, 2.45) is 56.7 Å². The minimum Gasteiger partial charge on any atom is -0.461 e. The van der Waals surface area contributed by atoms with Crippen LogP contribution in [0.1, 0.15) is 126 Å². The smallest absolute Gasteiger partial charge is 0.338 e. The van der Waals surface area contributed by atoms with Crippen molar-refractivity contribution in [3.63, 3.8) is 0 Å². The molecule has 1 amide bonds. The van der Waals surface area contributed by atoms with Gasteiger partial charge in [-0.05, 0) is 135 Å². The van der Waals surface area contributed by atoms with Gasteiger partial charge in [-0.25, -0.2) is 4.79 Å². The first-order chi connectivity index (χ1) is 22.7. The number of amides is 1. The third-order valence-electron chi connectivity index (χ3n) is 16.4. The van der Waals surface area contributed by atoms with Gasteiger partial charge < -0.3 is 19.5 Å². The molecule has 1 N–H and O–H groups in total. The van der Waals surface area contributed by atoms with Crippen molar-refractivity contribution in [3.05, 3.63) is 47.5 Å². The second-order valence-corrected chi connectivity index (χ2v) is 18.5. The van der Waals surface area contributed by atoms with Gasteiger partial charge in [0.2, 0.25) is 0 Å². The van der Waals surface area contributed by atoms with Crippen molar-refractivity contribution < 1.29 is 24.2 Å². The first-order valence-electron chi connectivity index (χ1n) is 19.2. The van der Waals surface area contributed by atoms with Crippen LogP contribution in [0.2, 0.25) is 0 Å². The average Bonchev–Trinajstić information content (AvgIpc) is 3.46. The molecule has 0 radical (unpaired) electrons. The number of hydrogen-bond donors (Lipinski definition) is 1. The molecule has 5 aliphatic carbocycles. The fourth-order valence-electron chi connectivity index (χ4n) is 13.6. The molecule has 5 saturated carbocycles. The molecule has 0 unspecified atom stereocenters. The Morgan fingerprint density at radius 1 is 0.875 bits per heavy atom. The molecule has 1 aromatic rings. The quantitative estimate of drug-likeness (QED) is 0.254. The maximum Gasteiger partial charge on any atom is 0.338 e. The second-order valence-electron chi connectivity index (χ2n) is 18.5. The van der Waals surface area contributed by atoms with Gasteiger partial charge in [-0.3, -0.25) is 4.79 Å². The Kier molecular flexibility index (Phi) is 8.54. The molecule has 6 fully saturated rings.